The van der Waals surface area contributed by atoms with Crippen molar-refractivity contribution < 1.29 is 13.6 Å². The Hall–Kier alpha value is -0.540. The quantitative estimate of drug-likeness (QED) is 0.629. The van der Waals surface area contributed by atoms with Gasteiger partial charge < -0.3 is 13.9 Å². The van der Waals surface area contributed by atoms with E-state index in [0.29, 0.717) is 19.0 Å². The first-order chi connectivity index (χ1) is 8.67. The summed E-state index contributed by atoms with van der Waals surface area (Å²) in [6.45, 7) is 3.21. The van der Waals surface area contributed by atoms with Crippen LogP contribution in [0.2, 0.25) is 0 Å². The average Bonchev–Trinajstić information content (AvgIpc) is 2.41. The summed E-state index contributed by atoms with van der Waals surface area (Å²) >= 11 is 5.57. The van der Waals surface area contributed by atoms with Gasteiger partial charge in [-0.2, -0.15) is 0 Å². The molecule has 2 rings (SSSR count). The summed E-state index contributed by atoms with van der Waals surface area (Å²) in [6, 6.07) is 9.86. The molecular formula is C12H17ClNO3P. The fraction of sp³-hybridized carbons (Fsp3) is 0.500. The number of anilines is 1. The third-order valence-electron chi connectivity index (χ3n) is 2.95. The average molecular weight is 290 g/mol. The molecule has 1 aromatic carbocycles. The van der Waals surface area contributed by atoms with Crippen molar-refractivity contribution in [2.45, 2.75) is 12.7 Å². The van der Waals surface area contributed by atoms with Crippen molar-refractivity contribution in [2.24, 2.45) is 0 Å². The van der Waals surface area contributed by atoms with E-state index in [9.17, 15) is 4.57 Å². The van der Waals surface area contributed by atoms with Crippen molar-refractivity contribution in [3.8, 4) is 0 Å². The summed E-state index contributed by atoms with van der Waals surface area (Å²) in [7, 11) is -3.10. The van der Waals surface area contributed by atoms with E-state index in [-0.39, 0.29) is 12.4 Å². The molecule has 0 aromatic heterocycles. The third kappa shape index (κ3) is 2.89. The molecule has 6 heteroatoms. The van der Waals surface area contributed by atoms with E-state index >= 15 is 0 Å². The second kappa shape index (κ2) is 6.07. The molecule has 0 amide bonds. The van der Waals surface area contributed by atoms with Crippen LogP contribution < -0.4 is 4.90 Å². The summed E-state index contributed by atoms with van der Waals surface area (Å²) < 4.78 is 23.3. The zero-order chi connectivity index (χ0) is 13.0. The van der Waals surface area contributed by atoms with E-state index in [0.717, 1.165) is 5.69 Å². The van der Waals surface area contributed by atoms with Crippen LogP contribution in [0.4, 0.5) is 5.69 Å². The van der Waals surface area contributed by atoms with Gasteiger partial charge in [0.1, 0.15) is 5.78 Å². The molecule has 1 saturated heterocycles. The zero-order valence-electron chi connectivity index (χ0n) is 10.3. The summed E-state index contributed by atoms with van der Waals surface area (Å²) in [4.78, 5) is 2.05. The van der Waals surface area contributed by atoms with Gasteiger partial charge in [-0.15, -0.1) is 11.6 Å². The highest BCUT2D eigenvalue weighted by molar-refractivity contribution is 7.54. The van der Waals surface area contributed by atoms with Gasteiger partial charge in [-0.25, -0.2) is 0 Å². The number of nitrogens with zero attached hydrogens (tertiary/aromatic N) is 1. The van der Waals surface area contributed by atoms with Gasteiger partial charge in [0, 0.05) is 18.1 Å². The van der Waals surface area contributed by atoms with Gasteiger partial charge in [0.05, 0.1) is 13.2 Å². The number of benzene rings is 1. The molecule has 4 nitrogen and oxygen atoms in total. The SMILES string of the molecule is C[C@H]1N(c2ccccc2)CCO[P@]1(=O)OCCCl. The van der Waals surface area contributed by atoms with E-state index in [4.69, 9.17) is 20.6 Å². The van der Waals surface area contributed by atoms with Crippen LogP contribution in [0.3, 0.4) is 0 Å². The predicted molar refractivity (Wildman–Crippen MR) is 73.5 cm³/mol. The van der Waals surface area contributed by atoms with E-state index < -0.39 is 7.60 Å². The largest absolute Gasteiger partial charge is 0.355 e. The van der Waals surface area contributed by atoms with E-state index in [1.807, 2.05) is 37.3 Å². The molecular weight excluding hydrogens is 273 g/mol. The molecule has 0 unspecified atom stereocenters. The Balaban J connectivity index is 2.16. The lowest BCUT2D eigenvalue weighted by Crippen LogP contribution is -2.41. The minimum Gasteiger partial charge on any atom is -0.355 e. The van der Waals surface area contributed by atoms with Crippen molar-refractivity contribution in [2.75, 3.05) is 30.5 Å². The monoisotopic (exact) mass is 289 g/mol. The topological polar surface area (TPSA) is 38.8 Å². The van der Waals surface area contributed by atoms with E-state index in [1.54, 1.807) is 0 Å². The predicted octanol–water partition coefficient (Wildman–Crippen LogP) is 3.32. The van der Waals surface area contributed by atoms with Crippen LogP contribution in [0.25, 0.3) is 0 Å². The van der Waals surface area contributed by atoms with Crippen molar-refractivity contribution in [3.63, 3.8) is 0 Å². The third-order valence-corrected chi connectivity index (χ3v) is 5.38. The van der Waals surface area contributed by atoms with E-state index in [2.05, 4.69) is 4.90 Å². The van der Waals surface area contributed by atoms with Gasteiger partial charge in [-0.05, 0) is 19.1 Å². The zero-order valence-corrected chi connectivity index (χ0v) is 11.9. The van der Waals surface area contributed by atoms with Crippen molar-refractivity contribution in [3.05, 3.63) is 30.3 Å². The maximum absolute atomic E-state index is 12.6. The van der Waals surface area contributed by atoms with Gasteiger partial charge >= 0.3 is 7.60 Å². The lowest BCUT2D eigenvalue weighted by Gasteiger charge is -2.39. The highest BCUT2D eigenvalue weighted by Gasteiger charge is 2.40. The van der Waals surface area contributed by atoms with Crippen LogP contribution in [0.1, 0.15) is 6.92 Å². The Bertz CT molecular complexity index is 429. The molecule has 18 heavy (non-hydrogen) atoms. The van der Waals surface area contributed by atoms with Crippen LogP contribution in [0.5, 0.6) is 0 Å². The molecule has 1 aromatic rings. The summed E-state index contributed by atoms with van der Waals surface area (Å²) in [5.41, 5.74) is 1.03. The molecule has 1 fully saturated rings. The van der Waals surface area contributed by atoms with Gasteiger partial charge in [-0.1, -0.05) is 18.2 Å². The van der Waals surface area contributed by atoms with Gasteiger partial charge in [0.15, 0.2) is 0 Å². The van der Waals surface area contributed by atoms with Gasteiger partial charge in [0.2, 0.25) is 0 Å². The Labute approximate surface area is 112 Å². The minimum absolute atomic E-state index is 0.242. The molecule has 0 N–H and O–H groups in total. The Kier molecular flexibility index (Phi) is 4.68. The smallest absolute Gasteiger partial charge is 0.352 e. The molecule has 2 atom stereocenters. The number of alkyl halides is 1. The highest BCUT2D eigenvalue weighted by Crippen LogP contribution is 2.56. The molecule has 0 bridgehead atoms. The van der Waals surface area contributed by atoms with Crippen LogP contribution in [-0.4, -0.2) is 31.4 Å². The summed E-state index contributed by atoms with van der Waals surface area (Å²) in [5.74, 6) is 0.0164. The molecule has 100 valence electrons. The Morgan fingerprint density at radius 2 is 2.22 bits per heavy atom. The summed E-state index contributed by atoms with van der Waals surface area (Å²) in [5, 5.41) is 0. The normalized spacial score (nSPS) is 28.3. The van der Waals surface area contributed by atoms with E-state index in [1.165, 1.54) is 0 Å². The first-order valence-electron chi connectivity index (χ1n) is 5.94. The molecule has 0 spiro atoms. The fourth-order valence-corrected chi connectivity index (χ4v) is 3.97. The number of halogens is 1. The highest BCUT2D eigenvalue weighted by atomic mass is 35.5. The summed E-state index contributed by atoms with van der Waals surface area (Å²) in [6.07, 6.45) is 0. The van der Waals surface area contributed by atoms with Crippen molar-refractivity contribution in [1.82, 2.24) is 0 Å². The molecule has 1 heterocycles. The van der Waals surface area contributed by atoms with Crippen LogP contribution in [0.15, 0.2) is 30.3 Å². The van der Waals surface area contributed by atoms with Gasteiger partial charge in [0.25, 0.3) is 0 Å². The van der Waals surface area contributed by atoms with Crippen LogP contribution in [0, 0.1) is 0 Å². The maximum Gasteiger partial charge on any atom is 0.352 e. The van der Waals surface area contributed by atoms with Crippen LogP contribution in [-0.2, 0) is 13.6 Å². The molecule has 0 aliphatic carbocycles. The maximum atomic E-state index is 12.6. The lowest BCUT2D eigenvalue weighted by molar-refractivity contribution is 0.193. The number of hydrogen-bond donors (Lipinski definition) is 0. The molecule has 1 aliphatic heterocycles. The number of rotatable bonds is 4. The Morgan fingerprint density at radius 1 is 1.50 bits per heavy atom. The minimum atomic E-state index is -3.10. The number of hydrogen-bond acceptors (Lipinski definition) is 4. The lowest BCUT2D eigenvalue weighted by atomic mass is 10.3. The molecule has 1 aliphatic rings. The van der Waals surface area contributed by atoms with Crippen LogP contribution >= 0.6 is 19.2 Å². The second-order valence-corrected chi connectivity index (χ2v) is 6.78. The first kappa shape index (κ1) is 13.9. The first-order valence-corrected chi connectivity index (χ1v) is 8.08. The second-order valence-electron chi connectivity index (χ2n) is 4.06. The van der Waals surface area contributed by atoms with Gasteiger partial charge in [-0.3, -0.25) is 4.57 Å². The Morgan fingerprint density at radius 3 is 2.89 bits per heavy atom. The van der Waals surface area contributed by atoms with Crippen molar-refractivity contribution in [1.29, 1.82) is 0 Å². The van der Waals surface area contributed by atoms with Crippen molar-refractivity contribution >= 4 is 24.9 Å². The molecule has 0 saturated carbocycles. The fourth-order valence-electron chi connectivity index (χ4n) is 2.00. The number of para-hydroxylation sites is 1. The molecule has 0 radical (unpaired) electrons. The standard InChI is InChI=1S/C12H17ClNO3P/c1-11-14(12-5-3-2-4-6-12)8-10-17-18(11,15)16-9-7-13/h2-6,11H,7-10H2,1H3/t11-,18+/m0/s1.